The standard InChI is InChI=1S/C12H22N2O4/c1-8-5-9(7-14(6-8)11(16)17)13-10(15)18-12(2,3)4/h8-9H,5-7H2,1-4H3,(H,13,15)(H,16,17)/t8-,9+/m0/s1. The van der Waals surface area contributed by atoms with Crippen LogP contribution in [0, 0.1) is 5.92 Å². The number of ether oxygens (including phenoxy) is 1. The number of nitrogens with zero attached hydrogens (tertiary/aromatic N) is 1. The van der Waals surface area contributed by atoms with E-state index in [1.54, 1.807) is 20.8 Å². The number of amides is 2. The van der Waals surface area contributed by atoms with E-state index in [1.807, 2.05) is 6.92 Å². The lowest BCUT2D eigenvalue weighted by Gasteiger charge is -2.35. The second-order valence-corrected chi connectivity index (χ2v) is 5.87. The lowest BCUT2D eigenvalue weighted by atomic mass is 9.96. The van der Waals surface area contributed by atoms with Gasteiger partial charge in [0.2, 0.25) is 0 Å². The average molecular weight is 258 g/mol. The van der Waals surface area contributed by atoms with E-state index in [4.69, 9.17) is 9.84 Å². The van der Waals surface area contributed by atoms with E-state index < -0.39 is 17.8 Å². The fourth-order valence-electron chi connectivity index (χ4n) is 2.09. The molecule has 18 heavy (non-hydrogen) atoms. The summed E-state index contributed by atoms with van der Waals surface area (Å²) in [6, 6.07) is -0.181. The van der Waals surface area contributed by atoms with Crippen LogP contribution in [-0.4, -0.2) is 46.9 Å². The van der Waals surface area contributed by atoms with Crippen LogP contribution in [0.15, 0.2) is 0 Å². The van der Waals surface area contributed by atoms with Gasteiger partial charge < -0.3 is 20.1 Å². The summed E-state index contributed by atoms with van der Waals surface area (Å²) < 4.78 is 5.16. The third kappa shape index (κ3) is 4.81. The molecule has 1 saturated heterocycles. The number of likely N-dealkylation sites (tertiary alicyclic amines) is 1. The maximum Gasteiger partial charge on any atom is 0.407 e. The molecule has 2 N–H and O–H groups in total. The molecule has 104 valence electrons. The van der Waals surface area contributed by atoms with Gasteiger partial charge in [0.15, 0.2) is 0 Å². The molecule has 0 aromatic rings. The van der Waals surface area contributed by atoms with Crippen LogP contribution in [0.5, 0.6) is 0 Å². The fraction of sp³-hybridized carbons (Fsp3) is 0.833. The molecular formula is C12H22N2O4. The first-order valence-electron chi connectivity index (χ1n) is 6.15. The molecule has 0 aromatic carbocycles. The number of carbonyl (C=O) groups is 2. The molecule has 0 aromatic heterocycles. The van der Waals surface area contributed by atoms with Crippen molar-refractivity contribution in [2.75, 3.05) is 13.1 Å². The van der Waals surface area contributed by atoms with Gasteiger partial charge in [0.25, 0.3) is 0 Å². The van der Waals surface area contributed by atoms with Crippen LogP contribution >= 0.6 is 0 Å². The number of carboxylic acid groups (broad SMARTS) is 1. The predicted molar refractivity (Wildman–Crippen MR) is 66.5 cm³/mol. The molecule has 6 nitrogen and oxygen atoms in total. The van der Waals surface area contributed by atoms with Crippen molar-refractivity contribution >= 4 is 12.2 Å². The number of hydrogen-bond donors (Lipinski definition) is 2. The summed E-state index contributed by atoms with van der Waals surface area (Å²) in [6.07, 6.45) is -0.673. The van der Waals surface area contributed by atoms with Crippen LogP contribution in [0.1, 0.15) is 34.1 Å². The molecule has 0 spiro atoms. The number of nitrogens with one attached hydrogen (secondary N) is 1. The minimum Gasteiger partial charge on any atom is -0.465 e. The minimum absolute atomic E-state index is 0.181. The summed E-state index contributed by atoms with van der Waals surface area (Å²) in [5, 5.41) is 11.7. The Morgan fingerprint density at radius 2 is 1.94 bits per heavy atom. The highest BCUT2D eigenvalue weighted by atomic mass is 16.6. The normalized spacial score (nSPS) is 24.6. The Morgan fingerprint density at radius 1 is 1.33 bits per heavy atom. The first kappa shape index (κ1) is 14.6. The van der Waals surface area contributed by atoms with E-state index in [0.29, 0.717) is 13.1 Å². The van der Waals surface area contributed by atoms with Crippen molar-refractivity contribution in [3.05, 3.63) is 0 Å². The second-order valence-electron chi connectivity index (χ2n) is 5.87. The van der Waals surface area contributed by atoms with Gasteiger partial charge in [-0.05, 0) is 33.1 Å². The summed E-state index contributed by atoms with van der Waals surface area (Å²) in [7, 11) is 0. The molecule has 2 atom stereocenters. The highest BCUT2D eigenvalue weighted by Crippen LogP contribution is 2.17. The smallest absolute Gasteiger partial charge is 0.407 e. The molecule has 0 aliphatic carbocycles. The minimum atomic E-state index is -0.947. The molecule has 0 radical (unpaired) electrons. The van der Waals surface area contributed by atoms with Crippen molar-refractivity contribution in [3.63, 3.8) is 0 Å². The second kappa shape index (κ2) is 5.46. The van der Waals surface area contributed by atoms with Crippen LogP contribution in [0.2, 0.25) is 0 Å². The average Bonchev–Trinajstić information content (AvgIpc) is 2.12. The first-order chi connectivity index (χ1) is 8.17. The highest BCUT2D eigenvalue weighted by Gasteiger charge is 2.29. The molecule has 1 rings (SSSR count). The molecule has 0 unspecified atom stereocenters. The topological polar surface area (TPSA) is 78.9 Å². The summed E-state index contributed by atoms with van der Waals surface area (Å²) in [6.45, 7) is 8.18. The quantitative estimate of drug-likeness (QED) is 0.753. The zero-order valence-corrected chi connectivity index (χ0v) is 11.4. The maximum absolute atomic E-state index is 11.6. The van der Waals surface area contributed by atoms with E-state index in [9.17, 15) is 9.59 Å². The number of alkyl carbamates (subject to hydrolysis) is 1. The Labute approximate surface area is 107 Å². The number of piperidine rings is 1. The van der Waals surface area contributed by atoms with E-state index >= 15 is 0 Å². The van der Waals surface area contributed by atoms with Gasteiger partial charge in [-0.25, -0.2) is 9.59 Å². The van der Waals surface area contributed by atoms with Crippen LogP contribution in [0.4, 0.5) is 9.59 Å². The fourth-order valence-corrected chi connectivity index (χ4v) is 2.09. The van der Waals surface area contributed by atoms with Crippen LogP contribution in [0.25, 0.3) is 0 Å². The van der Waals surface area contributed by atoms with Crippen molar-refractivity contribution in [2.24, 2.45) is 5.92 Å². The largest absolute Gasteiger partial charge is 0.465 e. The highest BCUT2D eigenvalue weighted by molar-refractivity contribution is 5.69. The van der Waals surface area contributed by atoms with E-state index in [0.717, 1.165) is 6.42 Å². The van der Waals surface area contributed by atoms with E-state index in [2.05, 4.69) is 5.32 Å². The summed E-state index contributed by atoms with van der Waals surface area (Å²) >= 11 is 0. The van der Waals surface area contributed by atoms with Crippen LogP contribution in [0.3, 0.4) is 0 Å². The molecule has 1 heterocycles. The lowest BCUT2D eigenvalue weighted by Crippen LogP contribution is -2.52. The van der Waals surface area contributed by atoms with Crippen LogP contribution in [-0.2, 0) is 4.74 Å². The van der Waals surface area contributed by atoms with Gasteiger partial charge in [0.05, 0.1) is 6.04 Å². The zero-order valence-electron chi connectivity index (χ0n) is 11.4. The monoisotopic (exact) mass is 258 g/mol. The molecule has 1 aliphatic rings. The third-order valence-electron chi connectivity index (χ3n) is 2.65. The van der Waals surface area contributed by atoms with Gasteiger partial charge in [0, 0.05) is 13.1 Å². The van der Waals surface area contributed by atoms with Gasteiger partial charge in [-0.1, -0.05) is 6.92 Å². The van der Waals surface area contributed by atoms with Gasteiger partial charge >= 0.3 is 12.2 Å². The third-order valence-corrected chi connectivity index (χ3v) is 2.65. The Morgan fingerprint density at radius 3 is 2.44 bits per heavy atom. The van der Waals surface area contributed by atoms with Crippen molar-refractivity contribution < 1.29 is 19.4 Å². The Hall–Kier alpha value is -1.46. The van der Waals surface area contributed by atoms with E-state index in [1.165, 1.54) is 4.90 Å². The molecule has 2 amide bonds. The number of carbonyl (C=O) groups excluding carboxylic acids is 1. The molecule has 0 bridgehead atoms. The summed E-state index contributed by atoms with van der Waals surface area (Å²) in [4.78, 5) is 23.9. The zero-order chi connectivity index (χ0) is 13.9. The van der Waals surface area contributed by atoms with Crippen molar-refractivity contribution in [1.29, 1.82) is 0 Å². The molecule has 1 fully saturated rings. The van der Waals surface area contributed by atoms with Crippen molar-refractivity contribution in [1.82, 2.24) is 10.2 Å². The Kier molecular flexibility index (Phi) is 4.43. The molecular weight excluding hydrogens is 236 g/mol. The Bertz CT molecular complexity index is 325. The number of hydrogen-bond acceptors (Lipinski definition) is 3. The van der Waals surface area contributed by atoms with Crippen LogP contribution < -0.4 is 5.32 Å². The summed E-state index contributed by atoms with van der Waals surface area (Å²) in [5.74, 6) is 0.231. The van der Waals surface area contributed by atoms with Gasteiger partial charge in [0.1, 0.15) is 5.60 Å². The maximum atomic E-state index is 11.6. The molecule has 0 saturated carbocycles. The van der Waals surface area contributed by atoms with E-state index in [-0.39, 0.29) is 12.0 Å². The van der Waals surface area contributed by atoms with Crippen molar-refractivity contribution in [3.8, 4) is 0 Å². The van der Waals surface area contributed by atoms with Crippen molar-refractivity contribution in [2.45, 2.75) is 45.8 Å². The molecule has 1 aliphatic heterocycles. The SMILES string of the molecule is C[C@H]1C[C@@H](NC(=O)OC(C)(C)C)CN(C(=O)O)C1. The first-order valence-corrected chi connectivity index (χ1v) is 6.15. The summed E-state index contributed by atoms with van der Waals surface area (Å²) in [5.41, 5.74) is -0.545. The van der Waals surface area contributed by atoms with Gasteiger partial charge in [-0.2, -0.15) is 0 Å². The molecule has 6 heteroatoms. The predicted octanol–water partition coefficient (Wildman–Crippen LogP) is 1.90. The van der Waals surface area contributed by atoms with Gasteiger partial charge in [-0.3, -0.25) is 0 Å². The lowest BCUT2D eigenvalue weighted by molar-refractivity contribution is 0.0450. The Balaban J connectivity index is 2.51. The van der Waals surface area contributed by atoms with Gasteiger partial charge in [-0.15, -0.1) is 0 Å². The number of rotatable bonds is 1.